The van der Waals surface area contributed by atoms with Gasteiger partial charge < -0.3 is 29.8 Å². The molecule has 0 spiro atoms. The third kappa shape index (κ3) is 6.95. The van der Waals surface area contributed by atoms with Crippen molar-refractivity contribution < 1.29 is 36.2 Å². The number of anilines is 2. The number of hydrogen-bond donors (Lipinski definition) is 3. The molecule has 13 nitrogen and oxygen atoms in total. The molecule has 0 bridgehead atoms. The number of nitriles is 1. The van der Waals surface area contributed by atoms with Gasteiger partial charge in [-0.2, -0.15) is 31.6 Å². The highest BCUT2D eigenvalue weighted by molar-refractivity contribution is 5.73. The smallest absolute Gasteiger partial charge is 0.475 e. The molecule has 1 saturated heterocycles. The molecule has 0 aromatic carbocycles. The summed E-state index contributed by atoms with van der Waals surface area (Å²) in [7, 11) is 0. The molecule has 2 aliphatic rings. The summed E-state index contributed by atoms with van der Waals surface area (Å²) in [5, 5.41) is 27.1. The van der Waals surface area contributed by atoms with Gasteiger partial charge in [0.05, 0.1) is 17.8 Å². The van der Waals surface area contributed by atoms with Gasteiger partial charge in [-0.05, 0) is 18.2 Å². The molecule has 0 radical (unpaired) electrons. The lowest BCUT2D eigenvalue weighted by atomic mass is 10.1. The van der Waals surface area contributed by atoms with Crippen molar-refractivity contribution in [3.63, 3.8) is 0 Å². The van der Waals surface area contributed by atoms with Crippen molar-refractivity contribution in [2.75, 3.05) is 42.5 Å². The highest BCUT2D eigenvalue weighted by Crippen LogP contribution is 2.31. The molecule has 3 N–H and O–H groups in total. The summed E-state index contributed by atoms with van der Waals surface area (Å²) >= 11 is 0. The number of aromatic amines is 1. The minimum atomic E-state index is -5.08. The fraction of sp³-hybridized carbons (Fsp3) is 0.346. The third-order valence-electron chi connectivity index (χ3n) is 6.89. The van der Waals surface area contributed by atoms with Crippen molar-refractivity contribution in [3.05, 3.63) is 54.0 Å². The van der Waals surface area contributed by atoms with Gasteiger partial charge in [0, 0.05) is 74.7 Å². The first-order chi connectivity index (χ1) is 21.3. The quantitative estimate of drug-likeness (QED) is 0.282. The normalized spacial score (nSPS) is 15.1. The number of halogens is 6. The molecular formula is C26H23F6N11O2. The molecule has 4 aromatic rings. The van der Waals surface area contributed by atoms with E-state index in [-0.39, 0.29) is 18.9 Å². The topological polar surface area (TPSA) is 165 Å². The highest BCUT2D eigenvalue weighted by Gasteiger charge is 2.40. The van der Waals surface area contributed by atoms with E-state index in [2.05, 4.69) is 46.4 Å². The van der Waals surface area contributed by atoms with Gasteiger partial charge in [0.2, 0.25) is 11.8 Å². The number of hydrogen-bond acceptors (Lipinski definition) is 10. The second-order valence-electron chi connectivity index (χ2n) is 9.81. The molecule has 19 heteroatoms. The Morgan fingerprint density at radius 3 is 2.24 bits per heavy atom. The predicted molar refractivity (Wildman–Crippen MR) is 145 cm³/mol. The van der Waals surface area contributed by atoms with Crippen LogP contribution in [0.15, 0.2) is 36.8 Å². The number of nitrogens with one attached hydrogen (secondary N) is 2. The Balaban J connectivity index is 0.000000515. The Labute approximate surface area is 250 Å². The number of piperazine rings is 1. The molecule has 0 atom stereocenters. The first-order valence-electron chi connectivity index (χ1n) is 13.3. The van der Waals surface area contributed by atoms with Crippen molar-refractivity contribution >= 4 is 17.7 Å². The van der Waals surface area contributed by atoms with Crippen LogP contribution in [0.5, 0.6) is 0 Å². The SMILES string of the molecule is N#Cc1cc(-c2ccnc(-c3cnc(N4CCn5c(nnc5C(F)(F)F)C4)nc3)c2)[nH]c1N1CCNCC1.O=C(O)C(F)(F)F. The van der Waals surface area contributed by atoms with Crippen molar-refractivity contribution in [2.24, 2.45) is 0 Å². The number of alkyl halides is 6. The number of nitrogens with zero attached hydrogens (tertiary/aromatic N) is 9. The summed E-state index contributed by atoms with van der Waals surface area (Å²) in [5.74, 6) is -2.33. The maximum absolute atomic E-state index is 13.1. The van der Waals surface area contributed by atoms with Crippen molar-refractivity contribution in [2.45, 2.75) is 25.4 Å². The Bertz CT molecular complexity index is 1700. The number of carboxylic acid groups (broad SMARTS) is 1. The van der Waals surface area contributed by atoms with Crippen LogP contribution in [0.25, 0.3) is 22.5 Å². The Morgan fingerprint density at radius 1 is 0.933 bits per heavy atom. The van der Waals surface area contributed by atoms with E-state index in [0.29, 0.717) is 29.3 Å². The summed E-state index contributed by atoms with van der Waals surface area (Å²) in [4.78, 5) is 29.5. The van der Waals surface area contributed by atoms with Crippen molar-refractivity contribution in [1.82, 2.24) is 40.0 Å². The van der Waals surface area contributed by atoms with Crippen molar-refractivity contribution in [1.29, 1.82) is 5.26 Å². The monoisotopic (exact) mass is 635 g/mol. The van der Waals surface area contributed by atoms with Crippen LogP contribution in [0.2, 0.25) is 0 Å². The van der Waals surface area contributed by atoms with Gasteiger partial charge in [-0.1, -0.05) is 0 Å². The molecule has 4 aromatic heterocycles. The number of fused-ring (bicyclic) bond motifs is 1. The van der Waals surface area contributed by atoms with Gasteiger partial charge in [0.15, 0.2) is 5.82 Å². The first-order valence-corrected chi connectivity index (χ1v) is 13.3. The Hall–Kier alpha value is -5.25. The number of H-pyrrole nitrogens is 1. The van der Waals surface area contributed by atoms with E-state index in [1.807, 2.05) is 18.2 Å². The molecule has 6 rings (SSSR count). The van der Waals surface area contributed by atoms with Crippen LogP contribution in [-0.4, -0.2) is 84.7 Å². The molecule has 0 aliphatic carbocycles. The maximum Gasteiger partial charge on any atom is 0.490 e. The van der Waals surface area contributed by atoms with Crippen LogP contribution in [0.3, 0.4) is 0 Å². The lowest BCUT2D eigenvalue weighted by Gasteiger charge is -2.28. The second-order valence-corrected chi connectivity index (χ2v) is 9.81. The minimum Gasteiger partial charge on any atom is -0.475 e. The second kappa shape index (κ2) is 12.4. The van der Waals surface area contributed by atoms with E-state index in [9.17, 15) is 31.6 Å². The number of carbonyl (C=O) groups is 1. The zero-order valence-electron chi connectivity index (χ0n) is 23.1. The molecule has 1 fully saturated rings. The fourth-order valence-electron chi connectivity index (χ4n) is 4.73. The van der Waals surface area contributed by atoms with Crippen LogP contribution < -0.4 is 15.1 Å². The van der Waals surface area contributed by atoms with Gasteiger partial charge in [-0.3, -0.25) is 4.98 Å². The summed E-state index contributed by atoms with van der Waals surface area (Å²) in [5.41, 5.74) is 3.61. The summed E-state index contributed by atoms with van der Waals surface area (Å²) in [6.45, 7) is 3.87. The van der Waals surface area contributed by atoms with E-state index >= 15 is 0 Å². The van der Waals surface area contributed by atoms with Gasteiger partial charge in [0.1, 0.15) is 11.9 Å². The zero-order chi connectivity index (χ0) is 32.4. The minimum absolute atomic E-state index is 0.0860. The molecule has 45 heavy (non-hydrogen) atoms. The van der Waals surface area contributed by atoms with E-state index in [0.717, 1.165) is 47.8 Å². The zero-order valence-corrected chi connectivity index (χ0v) is 23.1. The molecular weight excluding hydrogens is 612 g/mol. The third-order valence-corrected chi connectivity index (χ3v) is 6.89. The van der Waals surface area contributed by atoms with Crippen molar-refractivity contribution in [3.8, 4) is 28.6 Å². The standard InChI is InChI=1S/C24H22F3N11.C2HF3O2/c25-24(26,27)22-35-34-20-14-37(7-8-38(20)22)23-31-12-17(13-32-23)18-9-15(1-2-30-18)19-10-16(11-28)21(33-19)36-5-3-29-4-6-36;3-2(4,5)1(6)7/h1-2,9-10,12-13,29,33H,3-8,14H2;(H,6,7). The van der Waals surface area contributed by atoms with Crippen LogP contribution >= 0.6 is 0 Å². The highest BCUT2D eigenvalue weighted by atomic mass is 19.4. The first kappa shape index (κ1) is 31.2. The van der Waals surface area contributed by atoms with Crippen LogP contribution in [0.4, 0.5) is 38.1 Å². The molecule has 0 saturated carbocycles. The van der Waals surface area contributed by atoms with Gasteiger partial charge in [-0.15, -0.1) is 10.2 Å². The molecule has 0 amide bonds. The number of pyridine rings is 1. The molecule has 6 heterocycles. The van der Waals surface area contributed by atoms with Crippen LogP contribution in [0.1, 0.15) is 17.2 Å². The van der Waals surface area contributed by atoms with E-state index in [1.54, 1.807) is 23.5 Å². The Morgan fingerprint density at radius 2 is 1.62 bits per heavy atom. The van der Waals surface area contributed by atoms with Gasteiger partial charge >= 0.3 is 18.3 Å². The maximum atomic E-state index is 13.1. The van der Waals surface area contributed by atoms with Crippen LogP contribution in [0, 0.1) is 11.3 Å². The summed E-state index contributed by atoms with van der Waals surface area (Å²) in [6.07, 6.45) is -4.67. The fourth-order valence-corrected chi connectivity index (χ4v) is 4.73. The predicted octanol–water partition coefficient (Wildman–Crippen LogP) is 3.08. The molecule has 2 aliphatic heterocycles. The average molecular weight is 636 g/mol. The molecule has 236 valence electrons. The Kier molecular flexibility index (Phi) is 8.59. The van der Waals surface area contributed by atoms with Gasteiger partial charge in [0.25, 0.3) is 0 Å². The van der Waals surface area contributed by atoms with Crippen LogP contribution in [-0.2, 0) is 24.1 Å². The molecule has 0 unspecified atom stereocenters. The number of rotatable bonds is 4. The lowest BCUT2D eigenvalue weighted by molar-refractivity contribution is -0.192. The summed E-state index contributed by atoms with van der Waals surface area (Å²) < 4.78 is 72.1. The van der Waals surface area contributed by atoms with E-state index in [4.69, 9.17) is 9.90 Å². The van der Waals surface area contributed by atoms with E-state index in [1.165, 1.54) is 0 Å². The lowest BCUT2D eigenvalue weighted by Crippen LogP contribution is -2.44. The number of aliphatic carboxylic acids is 1. The van der Waals surface area contributed by atoms with Gasteiger partial charge in [-0.25, -0.2) is 14.8 Å². The number of carboxylic acids is 1. The van der Waals surface area contributed by atoms with E-state index < -0.39 is 24.1 Å². The summed E-state index contributed by atoms with van der Waals surface area (Å²) in [6, 6.07) is 7.89. The number of aromatic nitrogens is 7. The average Bonchev–Trinajstić information content (AvgIpc) is 3.66. The largest absolute Gasteiger partial charge is 0.490 e.